The van der Waals surface area contributed by atoms with Crippen LogP contribution in [0.5, 0.6) is 0 Å². The number of hydrogen-bond donors (Lipinski definition) is 2. The maximum absolute atomic E-state index is 12.2. The topological polar surface area (TPSA) is 67.2 Å². The smallest absolute Gasteiger partial charge is 0.226 e. The third-order valence-corrected chi connectivity index (χ3v) is 3.78. The molecule has 0 atom stereocenters. The second-order valence-corrected chi connectivity index (χ2v) is 5.35. The minimum absolute atomic E-state index is 0.0480. The Labute approximate surface area is 134 Å². The number of rotatable bonds is 6. The number of carbonyl (C=O) groups excluding carboxylic acids is 1. The highest BCUT2D eigenvalue weighted by atomic mass is 16.3. The SMILES string of the molecule is O=C(CCn1ccc2cccnc21)Nc1ccccc1CCO. The summed E-state index contributed by atoms with van der Waals surface area (Å²) in [4.78, 5) is 16.5. The van der Waals surface area contributed by atoms with Gasteiger partial charge in [0.25, 0.3) is 0 Å². The van der Waals surface area contributed by atoms with Crippen molar-refractivity contribution in [3.05, 3.63) is 60.4 Å². The number of anilines is 1. The van der Waals surface area contributed by atoms with Crippen molar-refractivity contribution in [1.29, 1.82) is 0 Å². The molecule has 3 aromatic rings. The zero-order chi connectivity index (χ0) is 16.1. The molecule has 0 fully saturated rings. The Bertz CT molecular complexity index is 811. The van der Waals surface area contributed by atoms with Crippen molar-refractivity contribution in [1.82, 2.24) is 9.55 Å². The van der Waals surface area contributed by atoms with Crippen LogP contribution in [0.2, 0.25) is 0 Å². The van der Waals surface area contributed by atoms with Gasteiger partial charge in [0.1, 0.15) is 5.65 Å². The first-order chi connectivity index (χ1) is 11.3. The van der Waals surface area contributed by atoms with E-state index in [0.29, 0.717) is 19.4 Å². The number of pyridine rings is 1. The molecule has 5 nitrogen and oxygen atoms in total. The first-order valence-corrected chi connectivity index (χ1v) is 7.66. The molecule has 0 saturated carbocycles. The summed E-state index contributed by atoms with van der Waals surface area (Å²) in [5.41, 5.74) is 2.60. The molecule has 0 aliphatic rings. The van der Waals surface area contributed by atoms with Gasteiger partial charge in [0, 0.05) is 43.0 Å². The molecule has 0 aliphatic heterocycles. The van der Waals surface area contributed by atoms with E-state index < -0.39 is 0 Å². The average Bonchev–Trinajstić information content (AvgIpc) is 2.98. The fourth-order valence-corrected chi connectivity index (χ4v) is 2.62. The summed E-state index contributed by atoms with van der Waals surface area (Å²) in [6, 6.07) is 13.4. The molecule has 0 unspecified atom stereocenters. The van der Waals surface area contributed by atoms with E-state index in [2.05, 4.69) is 10.3 Å². The molecule has 1 amide bonds. The van der Waals surface area contributed by atoms with Crippen LogP contribution < -0.4 is 5.32 Å². The highest BCUT2D eigenvalue weighted by Gasteiger charge is 2.08. The number of aromatic nitrogens is 2. The Kier molecular flexibility index (Phi) is 4.68. The van der Waals surface area contributed by atoms with E-state index in [1.807, 2.05) is 53.2 Å². The van der Waals surface area contributed by atoms with Crippen LogP contribution in [0.3, 0.4) is 0 Å². The first kappa shape index (κ1) is 15.2. The number of aliphatic hydroxyl groups is 1. The van der Waals surface area contributed by atoms with Crippen molar-refractivity contribution in [2.75, 3.05) is 11.9 Å². The van der Waals surface area contributed by atoms with Gasteiger partial charge >= 0.3 is 0 Å². The molecule has 23 heavy (non-hydrogen) atoms. The Morgan fingerprint density at radius 2 is 2.04 bits per heavy atom. The van der Waals surface area contributed by atoms with Crippen molar-refractivity contribution in [3.63, 3.8) is 0 Å². The lowest BCUT2D eigenvalue weighted by atomic mass is 10.1. The number of para-hydroxylation sites is 1. The molecular weight excluding hydrogens is 290 g/mol. The second-order valence-electron chi connectivity index (χ2n) is 5.35. The quantitative estimate of drug-likeness (QED) is 0.735. The summed E-state index contributed by atoms with van der Waals surface area (Å²) in [6.45, 7) is 0.641. The lowest BCUT2D eigenvalue weighted by molar-refractivity contribution is -0.116. The Balaban J connectivity index is 1.64. The van der Waals surface area contributed by atoms with Gasteiger partial charge in [0.05, 0.1) is 0 Å². The normalized spacial score (nSPS) is 10.8. The van der Waals surface area contributed by atoms with Crippen LogP contribution in [0.1, 0.15) is 12.0 Å². The van der Waals surface area contributed by atoms with E-state index in [1.165, 1.54) is 0 Å². The summed E-state index contributed by atoms with van der Waals surface area (Å²) in [5.74, 6) is -0.0480. The molecule has 0 aliphatic carbocycles. The largest absolute Gasteiger partial charge is 0.396 e. The molecule has 5 heteroatoms. The molecule has 0 spiro atoms. The van der Waals surface area contributed by atoms with Gasteiger partial charge in [-0.2, -0.15) is 0 Å². The molecule has 118 valence electrons. The van der Waals surface area contributed by atoms with E-state index in [1.54, 1.807) is 6.20 Å². The Hall–Kier alpha value is -2.66. The van der Waals surface area contributed by atoms with Crippen LogP contribution in [0.15, 0.2) is 54.9 Å². The number of aryl methyl sites for hydroxylation is 1. The summed E-state index contributed by atoms with van der Waals surface area (Å²) in [5, 5.41) is 13.1. The summed E-state index contributed by atoms with van der Waals surface area (Å²) < 4.78 is 1.98. The maximum Gasteiger partial charge on any atom is 0.226 e. The predicted octanol–water partition coefficient (Wildman–Crippen LogP) is 2.60. The van der Waals surface area contributed by atoms with Gasteiger partial charge in [-0.1, -0.05) is 18.2 Å². The van der Waals surface area contributed by atoms with E-state index in [0.717, 1.165) is 22.3 Å². The van der Waals surface area contributed by atoms with Gasteiger partial charge in [0.15, 0.2) is 0 Å². The van der Waals surface area contributed by atoms with Gasteiger partial charge in [-0.15, -0.1) is 0 Å². The van der Waals surface area contributed by atoms with Crippen LogP contribution in [-0.2, 0) is 17.8 Å². The number of carbonyl (C=O) groups is 1. The minimum Gasteiger partial charge on any atom is -0.396 e. The fourth-order valence-electron chi connectivity index (χ4n) is 2.62. The minimum atomic E-state index is -0.0480. The third-order valence-electron chi connectivity index (χ3n) is 3.78. The summed E-state index contributed by atoms with van der Waals surface area (Å²) >= 11 is 0. The first-order valence-electron chi connectivity index (χ1n) is 7.66. The number of fused-ring (bicyclic) bond motifs is 1. The molecule has 2 N–H and O–H groups in total. The van der Waals surface area contributed by atoms with Crippen molar-refractivity contribution in [3.8, 4) is 0 Å². The van der Waals surface area contributed by atoms with Crippen molar-refractivity contribution >= 4 is 22.6 Å². The fraction of sp³-hybridized carbons (Fsp3) is 0.222. The molecule has 2 aromatic heterocycles. The van der Waals surface area contributed by atoms with Gasteiger partial charge in [0.2, 0.25) is 5.91 Å². The molecule has 0 radical (unpaired) electrons. The molecule has 2 heterocycles. The van der Waals surface area contributed by atoms with E-state index in [-0.39, 0.29) is 12.5 Å². The standard InChI is InChI=1S/C18H19N3O2/c22-13-9-14-4-1-2-6-16(14)20-17(23)8-12-21-11-7-15-5-3-10-19-18(15)21/h1-7,10-11,22H,8-9,12-13H2,(H,20,23). The third kappa shape index (κ3) is 3.57. The van der Waals surface area contributed by atoms with Crippen LogP contribution in [0.25, 0.3) is 11.0 Å². The number of amides is 1. The highest BCUT2D eigenvalue weighted by Crippen LogP contribution is 2.16. The van der Waals surface area contributed by atoms with Gasteiger partial charge < -0.3 is 15.0 Å². The number of nitrogens with zero attached hydrogens (tertiary/aromatic N) is 2. The van der Waals surface area contributed by atoms with Gasteiger partial charge in [-0.3, -0.25) is 4.79 Å². The van der Waals surface area contributed by atoms with E-state index in [4.69, 9.17) is 5.11 Å². The zero-order valence-electron chi connectivity index (χ0n) is 12.8. The molecular formula is C18H19N3O2. The Morgan fingerprint density at radius 1 is 1.17 bits per heavy atom. The Morgan fingerprint density at radius 3 is 2.91 bits per heavy atom. The number of aliphatic hydroxyl groups excluding tert-OH is 1. The highest BCUT2D eigenvalue weighted by molar-refractivity contribution is 5.91. The molecule has 1 aromatic carbocycles. The zero-order valence-corrected chi connectivity index (χ0v) is 12.8. The molecule has 0 saturated heterocycles. The van der Waals surface area contributed by atoms with Crippen molar-refractivity contribution in [2.45, 2.75) is 19.4 Å². The predicted molar refractivity (Wildman–Crippen MR) is 90.2 cm³/mol. The lowest BCUT2D eigenvalue weighted by Crippen LogP contribution is -2.15. The van der Waals surface area contributed by atoms with Crippen LogP contribution in [0.4, 0.5) is 5.69 Å². The van der Waals surface area contributed by atoms with Gasteiger partial charge in [-0.05, 0) is 36.2 Å². The van der Waals surface area contributed by atoms with Crippen LogP contribution >= 0.6 is 0 Å². The van der Waals surface area contributed by atoms with Crippen LogP contribution in [-0.4, -0.2) is 27.2 Å². The number of nitrogens with one attached hydrogen (secondary N) is 1. The maximum atomic E-state index is 12.2. The van der Waals surface area contributed by atoms with E-state index in [9.17, 15) is 4.79 Å². The lowest BCUT2D eigenvalue weighted by Gasteiger charge is -2.10. The second kappa shape index (κ2) is 7.07. The molecule has 0 bridgehead atoms. The van der Waals surface area contributed by atoms with Crippen molar-refractivity contribution < 1.29 is 9.90 Å². The summed E-state index contributed by atoms with van der Waals surface area (Å²) in [7, 11) is 0. The molecule has 3 rings (SSSR count). The average molecular weight is 309 g/mol. The van der Waals surface area contributed by atoms with E-state index >= 15 is 0 Å². The monoisotopic (exact) mass is 309 g/mol. The number of hydrogen-bond acceptors (Lipinski definition) is 3. The van der Waals surface area contributed by atoms with Crippen molar-refractivity contribution in [2.24, 2.45) is 0 Å². The van der Waals surface area contributed by atoms with Crippen LogP contribution in [0, 0.1) is 0 Å². The number of benzene rings is 1. The summed E-state index contributed by atoms with van der Waals surface area (Å²) in [6.07, 6.45) is 4.60. The van der Waals surface area contributed by atoms with Gasteiger partial charge in [-0.25, -0.2) is 4.98 Å².